The number of nitrogens with two attached hydrogens (primary N) is 1. The van der Waals surface area contributed by atoms with E-state index < -0.39 is 0 Å². The highest BCUT2D eigenvalue weighted by molar-refractivity contribution is 6.31. The molecule has 0 bridgehead atoms. The van der Waals surface area contributed by atoms with E-state index in [0.717, 1.165) is 11.1 Å². The van der Waals surface area contributed by atoms with E-state index in [4.69, 9.17) is 17.3 Å². The summed E-state index contributed by atoms with van der Waals surface area (Å²) >= 11 is 5.89. The molecule has 3 heteroatoms. The van der Waals surface area contributed by atoms with Crippen LogP contribution in [0.15, 0.2) is 42.5 Å². The lowest BCUT2D eigenvalue weighted by atomic mass is 9.77. The highest BCUT2D eigenvalue weighted by Gasteiger charge is 2.25. The van der Waals surface area contributed by atoms with Crippen LogP contribution in [0.5, 0.6) is 0 Å². The van der Waals surface area contributed by atoms with E-state index in [1.165, 1.54) is 19.3 Å². The third kappa shape index (κ3) is 2.32. The van der Waals surface area contributed by atoms with Crippen molar-refractivity contribution in [1.29, 1.82) is 0 Å². The van der Waals surface area contributed by atoms with Crippen molar-refractivity contribution in [1.82, 2.24) is 0 Å². The second kappa shape index (κ2) is 5.29. The Kier molecular flexibility index (Phi) is 3.49. The zero-order valence-corrected chi connectivity index (χ0v) is 11.9. The minimum atomic E-state index is -0.0123. The summed E-state index contributed by atoms with van der Waals surface area (Å²) < 4.78 is 0. The molecule has 0 radical (unpaired) electrons. The maximum atomic E-state index is 12.7. The first kappa shape index (κ1) is 13.2. The molecule has 0 heterocycles. The molecule has 1 fully saturated rings. The lowest BCUT2D eigenvalue weighted by Crippen LogP contribution is -2.15. The van der Waals surface area contributed by atoms with Crippen LogP contribution in [0, 0.1) is 0 Å². The zero-order valence-electron chi connectivity index (χ0n) is 11.1. The van der Waals surface area contributed by atoms with Gasteiger partial charge in [0, 0.05) is 21.8 Å². The Balaban J connectivity index is 2.02. The Morgan fingerprint density at radius 3 is 2.50 bits per heavy atom. The fraction of sp³-hybridized carbons (Fsp3) is 0.235. The maximum Gasteiger partial charge on any atom is 0.195 e. The third-order valence-electron chi connectivity index (χ3n) is 4.01. The molecule has 2 aromatic carbocycles. The summed E-state index contributed by atoms with van der Waals surface area (Å²) in [5.74, 6) is 0.505. The van der Waals surface area contributed by atoms with Gasteiger partial charge in [0.05, 0.1) is 0 Å². The Hall–Kier alpha value is -1.80. The van der Waals surface area contributed by atoms with Gasteiger partial charge in [-0.25, -0.2) is 0 Å². The van der Waals surface area contributed by atoms with Crippen molar-refractivity contribution in [2.24, 2.45) is 0 Å². The highest BCUT2D eigenvalue weighted by atomic mass is 35.5. The van der Waals surface area contributed by atoms with Crippen molar-refractivity contribution in [3.63, 3.8) is 0 Å². The molecule has 0 saturated heterocycles. The van der Waals surface area contributed by atoms with E-state index in [9.17, 15) is 4.79 Å². The van der Waals surface area contributed by atoms with E-state index in [2.05, 4.69) is 6.07 Å². The van der Waals surface area contributed by atoms with Crippen molar-refractivity contribution in [3.8, 4) is 0 Å². The lowest BCUT2D eigenvalue weighted by Gasteiger charge is -2.27. The molecule has 2 nitrogen and oxygen atoms in total. The summed E-state index contributed by atoms with van der Waals surface area (Å²) in [6.07, 6.45) is 3.58. The predicted octanol–water partition coefficient (Wildman–Crippen LogP) is 4.42. The number of nitrogen functional groups attached to an aromatic ring is 1. The minimum absolute atomic E-state index is 0.0123. The fourth-order valence-corrected chi connectivity index (χ4v) is 2.85. The molecule has 2 N–H and O–H groups in total. The topological polar surface area (TPSA) is 43.1 Å². The average molecular weight is 286 g/mol. The van der Waals surface area contributed by atoms with Crippen LogP contribution in [-0.4, -0.2) is 5.78 Å². The Labute approximate surface area is 123 Å². The van der Waals surface area contributed by atoms with Crippen molar-refractivity contribution < 1.29 is 4.79 Å². The molecule has 0 aromatic heterocycles. The fourth-order valence-electron chi connectivity index (χ4n) is 2.66. The maximum absolute atomic E-state index is 12.7. The van der Waals surface area contributed by atoms with Crippen LogP contribution in [0.4, 0.5) is 5.69 Å². The average Bonchev–Trinajstić information content (AvgIpc) is 2.37. The number of rotatable bonds is 3. The van der Waals surface area contributed by atoms with Crippen LogP contribution >= 0.6 is 11.6 Å². The van der Waals surface area contributed by atoms with Gasteiger partial charge in [0.25, 0.3) is 0 Å². The highest BCUT2D eigenvalue weighted by Crippen LogP contribution is 2.38. The van der Waals surface area contributed by atoms with Gasteiger partial charge in [-0.2, -0.15) is 0 Å². The molecule has 1 aliphatic rings. The molecular formula is C17H16ClNO. The van der Waals surface area contributed by atoms with Crippen molar-refractivity contribution in [2.45, 2.75) is 25.2 Å². The molecule has 20 heavy (non-hydrogen) atoms. The first-order valence-electron chi connectivity index (χ1n) is 6.85. The summed E-state index contributed by atoms with van der Waals surface area (Å²) in [4.78, 5) is 12.7. The van der Waals surface area contributed by atoms with Gasteiger partial charge in [-0.05, 0) is 42.5 Å². The molecule has 0 atom stereocenters. The molecule has 0 amide bonds. The second-order valence-electron chi connectivity index (χ2n) is 5.28. The van der Waals surface area contributed by atoms with E-state index in [0.29, 0.717) is 22.2 Å². The zero-order chi connectivity index (χ0) is 14.1. The molecule has 0 spiro atoms. The smallest absolute Gasteiger partial charge is 0.195 e. The first-order chi connectivity index (χ1) is 9.66. The van der Waals surface area contributed by atoms with Crippen LogP contribution in [0.3, 0.4) is 0 Å². The Morgan fingerprint density at radius 1 is 1.10 bits per heavy atom. The van der Waals surface area contributed by atoms with Crippen LogP contribution in [0.2, 0.25) is 5.02 Å². The van der Waals surface area contributed by atoms with Gasteiger partial charge in [-0.15, -0.1) is 0 Å². The molecule has 1 saturated carbocycles. The monoisotopic (exact) mass is 285 g/mol. The van der Waals surface area contributed by atoms with E-state index in [1.807, 2.05) is 18.2 Å². The standard InChI is InChI=1S/C17H16ClNO/c18-12-8-9-15(16(19)10-12)17(20)14-7-2-1-6-13(14)11-4-3-5-11/h1-2,6-11H,3-5,19H2. The first-order valence-corrected chi connectivity index (χ1v) is 7.23. The van der Waals surface area contributed by atoms with Gasteiger partial charge < -0.3 is 5.73 Å². The molecule has 102 valence electrons. The minimum Gasteiger partial charge on any atom is -0.398 e. The summed E-state index contributed by atoms with van der Waals surface area (Å²) in [7, 11) is 0. The van der Waals surface area contributed by atoms with Crippen molar-refractivity contribution >= 4 is 23.1 Å². The van der Waals surface area contributed by atoms with E-state index >= 15 is 0 Å². The quantitative estimate of drug-likeness (QED) is 0.670. The number of ketones is 1. The van der Waals surface area contributed by atoms with E-state index in [-0.39, 0.29) is 5.78 Å². The van der Waals surface area contributed by atoms with Gasteiger partial charge in [-0.3, -0.25) is 4.79 Å². The summed E-state index contributed by atoms with van der Waals surface area (Å²) in [5, 5.41) is 0.548. The summed E-state index contributed by atoms with van der Waals surface area (Å²) in [6, 6.07) is 12.9. The number of carbonyl (C=O) groups excluding carboxylic acids is 1. The number of carbonyl (C=O) groups is 1. The molecule has 0 aliphatic heterocycles. The van der Waals surface area contributed by atoms with Crippen LogP contribution in [0.25, 0.3) is 0 Å². The van der Waals surface area contributed by atoms with Crippen molar-refractivity contribution in [3.05, 3.63) is 64.2 Å². The van der Waals surface area contributed by atoms with Gasteiger partial charge in [0.15, 0.2) is 5.78 Å². The normalized spacial score (nSPS) is 14.8. The number of hydrogen-bond acceptors (Lipinski definition) is 2. The number of benzene rings is 2. The molecule has 2 aromatic rings. The van der Waals surface area contributed by atoms with Gasteiger partial charge in [0.2, 0.25) is 0 Å². The summed E-state index contributed by atoms with van der Waals surface area (Å²) in [5.41, 5.74) is 8.81. The Bertz CT molecular complexity index is 662. The van der Waals surface area contributed by atoms with Gasteiger partial charge in [-0.1, -0.05) is 42.3 Å². The SMILES string of the molecule is Nc1cc(Cl)ccc1C(=O)c1ccccc1C1CCC1. The van der Waals surface area contributed by atoms with E-state index in [1.54, 1.807) is 18.2 Å². The van der Waals surface area contributed by atoms with Crippen LogP contribution in [0.1, 0.15) is 46.7 Å². The van der Waals surface area contributed by atoms with Crippen molar-refractivity contribution in [2.75, 3.05) is 5.73 Å². The molecular weight excluding hydrogens is 270 g/mol. The molecule has 3 rings (SSSR count). The second-order valence-corrected chi connectivity index (χ2v) is 5.71. The van der Waals surface area contributed by atoms with Crippen LogP contribution < -0.4 is 5.73 Å². The summed E-state index contributed by atoms with van der Waals surface area (Å²) in [6.45, 7) is 0. The largest absolute Gasteiger partial charge is 0.398 e. The van der Waals surface area contributed by atoms with Gasteiger partial charge >= 0.3 is 0 Å². The van der Waals surface area contributed by atoms with Crippen LogP contribution in [-0.2, 0) is 0 Å². The number of hydrogen-bond donors (Lipinski definition) is 1. The van der Waals surface area contributed by atoms with Gasteiger partial charge in [0.1, 0.15) is 0 Å². The third-order valence-corrected chi connectivity index (χ3v) is 4.24. The number of anilines is 1. The lowest BCUT2D eigenvalue weighted by molar-refractivity contribution is 0.103. The molecule has 0 unspecified atom stereocenters. The molecule has 1 aliphatic carbocycles. The Morgan fingerprint density at radius 2 is 1.85 bits per heavy atom. The number of halogens is 1. The predicted molar refractivity (Wildman–Crippen MR) is 82.3 cm³/mol.